The Morgan fingerprint density at radius 3 is 2.08 bits per heavy atom. The molecule has 368 valence electrons. The summed E-state index contributed by atoms with van der Waals surface area (Å²) in [6.07, 6.45) is 15.0. The number of nitrogens with one attached hydrogen (secondary N) is 1. The molecule has 0 aliphatic carbocycles. The number of likely N-dealkylation sites (N-methyl/N-ethyl adjacent to an activating group) is 1. The number of ether oxygens (including phenoxy) is 5. The molecule has 0 saturated carbocycles. The molecule has 1 aromatic carbocycles. The van der Waals surface area contributed by atoms with Gasteiger partial charge in [0, 0.05) is 46.4 Å². The molecule has 3 atom stereocenters. The van der Waals surface area contributed by atoms with Crippen molar-refractivity contribution >= 4 is 32.1 Å². The standard InChI is InChI=1S/C51H84N2O11Si/c1-13-15-17-21-24-31-50(61-36-37-62-50)32-25-22-19-18-20-23-26-42(51(58,47(57)64-48(3,4)5)33-35-63-65(11,12)49(6,7)8)45(55)52-43(46(56)60-39-44(54)53(9)10)38-40-27-29-41(30-28-40)59-34-16-14-2/h23,26-30,42-43,58H,13,15,17-22,24-25,31-39H2,1-12H3,(H,52,55)/t42-,43+,51+/m1/s1. The summed E-state index contributed by atoms with van der Waals surface area (Å²) in [5, 5.41) is 15.2. The van der Waals surface area contributed by atoms with Crippen molar-refractivity contribution < 1.29 is 52.4 Å². The van der Waals surface area contributed by atoms with Gasteiger partial charge in [-0.3, -0.25) is 9.59 Å². The van der Waals surface area contributed by atoms with E-state index in [1.807, 2.05) is 0 Å². The summed E-state index contributed by atoms with van der Waals surface area (Å²) in [6, 6.07) is 5.66. The van der Waals surface area contributed by atoms with Gasteiger partial charge in [-0.1, -0.05) is 96.4 Å². The van der Waals surface area contributed by atoms with Crippen molar-refractivity contribution in [2.75, 3.05) is 47.1 Å². The second-order valence-electron chi connectivity index (χ2n) is 19.9. The Morgan fingerprint density at radius 1 is 0.923 bits per heavy atom. The molecule has 0 spiro atoms. The van der Waals surface area contributed by atoms with Gasteiger partial charge in [-0.25, -0.2) is 9.59 Å². The molecule has 1 aliphatic rings. The van der Waals surface area contributed by atoms with Crippen LogP contribution < -0.4 is 10.1 Å². The van der Waals surface area contributed by atoms with E-state index in [4.69, 9.17) is 28.1 Å². The molecule has 1 heterocycles. The van der Waals surface area contributed by atoms with Gasteiger partial charge >= 0.3 is 11.9 Å². The second kappa shape index (κ2) is 27.8. The number of rotatable bonds is 29. The number of nitrogens with zero attached hydrogens (tertiary/aromatic N) is 1. The van der Waals surface area contributed by atoms with Crippen molar-refractivity contribution in [1.29, 1.82) is 0 Å². The molecule has 1 fully saturated rings. The Bertz CT molecular complexity index is 1700. The minimum absolute atomic E-state index is 0.0200. The summed E-state index contributed by atoms with van der Waals surface area (Å²) in [5.74, 6) is 1.13. The van der Waals surface area contributed by atoms with Crippen LogP contribution in [0.15, 0.2) is 36.4 Å². The van der Waals surface area contributed by atoms with Crippen LogP contribution in [-0.4, -0.2) is 112 Å². The zero-order valence-electron chi connectivity index (χ0n) is 42.0. The lowest BCUT2D eigenvalue weighted by Crippen LogP contribution is -2.57. The van der Waals surface area contributed by atoms with Gasteiger partial charge < -0.3 is 43.4 Å². The molecule has 14 heteroatoms. The summed E-state index contributed by atoms with van der Waals surface area (Å²) >= 11 is 0. The zero-order chi connectivity index (χ0) is 48.7. The highest BCUT2D eigenvalue weighted by Crippen LogP contribution is 2.38. The maximum atomic E-state index is 14.7. The minimum atomic E-state index is -2.39. The minimum Gasteiger partial charge on any atom is -0.481 e. The third-order valence-electron chi connectivity index (χ3n) is 12.1. The van der Waals surface area contributed by atoms with Gasteiger partial charge in [-0.2, -0.15) is 0 Å². The van der Waals surface area contributed by atoms with Gasteiger partial charge in [0.2, 0.25) is 5.91 Å². The molecule has 1 aromatic rings. The first kappa shape index (κ1) is 57.4. The number of carbonyl (C=O) groups is 4. The summed E-state index contributed by atoms with van der Waals surface area (Å²) < 4.78 is 35.6. The van der Waals surface area contributed by atoms with Crippen LogP contribution in [0, 0.1) is 17.8 Å². The fourth-order valence-corrected chi connectivity index (χ4v) is 8.06. The molecule has 13 nitrogen and oxygen atoms in total. The van der Waals surface area contributed by atoms with E-state index in [1.165, 1.54) is 30.6 Å². The smallest absolute Gasteiger partial charge is 0.339 e. The monoisotopic (exact) mass is 929 g/mol. The maximum Gasteiger partial charge on any atom is 0.339 e. The van der Waals surface area contributed by atoms with Crippen LogP contribution in [-0.2, 0) is 49.0 Å². The van der Waals surface area contributed by atoms with Crippen molar-refractivity contribution in [1.82, 2.24) is 10.2 Å². The molecular weight excluding hydrogens is 845 g/mol. The second-order valence-corrected chi connectivity index (χ2v) is 24.7. The van der Waals surface area contributed by atoms with Crippen LogP contribution in [0.2, 0.25) is 18.1 Å². The lowest BCUT2D eigenvalue weighted by molar-refractivity contribution is -0.185. The van der Waals surface area contributed by atoms with Crippen molar-refractivity contribution in [3.63, 3.8) is 0 Å². The fraction of sp³-hybridized carbons (Fsp3) is 0.725. The van der Waals surface area contributed by atoms with Crippen LogP contribution in [0.4, 0.5) is 0 Å². The van der Waals surface area contributed by atoms with Gasteiger partial charge in [0.25, 0.3) is 5.91 Å². The zero-order valence-corrected chi connectivity index (χ0v) is 43.0. The van der Waals surface area contributed by atoms with E-state index in [9.17, 15) is 24.3 Å². The first-order valence-corrected chi connectivity index (χ1v) is 26.7. The molecule has 1 saturated heterocycles. The predicted octanol–water partition coefficient (Wildman–Crippen LogP) is 8.85. The van der Waals surface area contributed by atoms with E-state index in [2.05, 4.69) is 57.9 Å². The van der Waals surface area contributed by atoms with E-state index >= 15 is 0 Å². The van der Waals surface area contributed by atoms with E-state index in [1.54, 1.807) is 78.2 Å². The van der Waals surface area contributed by atoms with E-state index in [0.717, 1.165) is 44.9 Å². The maximum absolute atomic E-state index is 14.7. The van der Waals surface area contributed by atoms with Gasteiger partial charge in [0.1, 0.15) is 24.0 Å². The average molecular weight is 929 g/mol. The molecule has 1 aliphatic heterocycles. The Kier molecular flexibility index (Phi) is 24.5. The Morgan fingerprint density at radius 2 is 1.52 bits per heavy atom. The lowest BCUT2D eigenvalue weighted by atomic mass is 9.82. The Labute approximate surface area is 392 Å². The molecule has 2 amide bonds. The lowest BCUT2D eigenvalue weighted by Gasteiger charge is -2.38. The van der Waals surface area contributed by atoms with Crippen molar-refractivity contribution in [2.24, 2.45) is 5.92 Å². The number of carbonyl (C=O) groups excluding carboxylic acids is 4. The number of amides is 2. The van der Waals surface area contributed by atoms with E-state index < -0.39 is 67.6 Å². The van der Waals surface area contributed by atoms with Crippen molar-refractivity contribution in [3.05, 3.63) is 42.0 Å². The van der Waals surface area contributed by atoms with Gasteiger partial charge in [0.05, 0.1) is 19.1 Å². The summed E-state index contributed by atoms with van der Waals surface area (Å²) in [6.45, 7) is 20.3. The predicted molar refractivity (Wildman–Crippen MR) is 258 cm³/mol. The molecule has 65 heavy (non-hydrogen) atoms. The van der Waals surface area contributed by atoms with Crippen LogP contribution in [0.3, 0.4) is 0 Å². The first-order valence-electron chi connectivity index (χ1n) is 23.8. The highest BCUT2D eigenvalue weighted by Gasteiger charge is 2.50. The third-order valence-corrected chi connectivity index (χ3v) is 16.6. The number of unbranched alkanes of at least 4 members (excludes halogenated alkanes) is 8. The topological polar surface area (TPSA) is 159 Å². The number of hydrogen-bond acceptors (Lipinski definition) is 11. The third kappa shape index (κ3) is 20.8. The number of benzene rings is 1. The summed E-state index contributed by atoms with van der Waals surface area (Å²) in [7, 11) is 0.734. The normalized spacial score (nSPS) is 15.9. The number of hydrogen-bond donors (Lipinski definition) is 2. The largest absolute Gasteiger partial charge is 0.481 e. The quantitative estimate of drug-likeness (QED) is 0.0260. The van der Waals surface area contributed by atoms with E-state index in [-0.39, 0.29) is 31.1 Å². The number of allylic oxidation sites excluding steroid dienone is 1. The fourth-order valence-electron chi connectivity index (χ4n) is 7.01. The highest BCUT2D eigenvalue weighted by atomic mass is 28.4. The van der Waals surface area contributed by atoms with Gasteiger partial charge in [-0.15, -0.1) is 5.92 Å². The van der Waals surface area contributed by atoms with Crippen LogP contribution >= 0.6 is 0 Å². The van der Waals surface area contributed by atoms with Crippen molar-refractivity contribution in [2.45, 2.75) is 186 Å². The highest BCUT2D eigenvalue weighted by molar-refractivity contribution is 6.74. The molecule has 0 bridgehead atoms. The Hall–Kier alpha value is -3.74. The number of aliphatic hydroxyl groups is 1. The summed E-state index contributed by atoms with van der Waals surface area (Å²) in [5.41, 5.74) is -2.73. The van der Waals surface area contributed by atoms with Crippen LogP contribution in [0.25, 0.3) is 0 Å². The molecule has 2 rings (SSSR count). The van der Waals surface area contributed by atoms with E-state index in [0.29, 0.717) is 30.9 Å². The van der Waals surface area contributed by atoms with Gasteiger partial charge in [0.15, 0.2) is 26.3 Å². The van der Waals surface area contributed by atoms with Crippen LogP contribution in [0.1, 0.15) is 144 Å². The van der Waals surface area contributed by atoms with Crippen LogP contribution in [0.5, 0.6) is 5.75 Å². The van der Waals surface area contributed by atoms with Crippen molar-refractivity contribution in [3.8, 4) is 17.6 Å². The number of esters is 2. The molecule has 0 unspecified atom stereocenters. The molecule has 0 radical (unpaired) electrons. The SMILES string of the molecule is CC#CCOc1ccc(C[C@H](NC(=O)[C@@H](C=CCCCCCCC2(CCCCCCC)OCCO2)[C@@](O)(CCO[Si](C)(C)C(C)(C)C)C(=O)OC(C)(C)C)C(=O)OCC(=O)N(C)C)cc1. The average Bonchev–Trinajstić information content (AvgIpc) is 3.69. The molecule has 2 N–H and O–H groups in total. The Balaban J connectivity index is 2.42. The van der Waals surface area contributed by atoms with Gasteiger partial charge in [-0.05, 0) is 89.2 Å². The molecular formula is C51H84N2O11Si. The molecule has 0 aromatic heterocycles. The first-order chi connectivity index (χ1) is 30.5. The summed E-state index contributed by atoms with van der Waals surface area (Å²) in [4.78, 5) is 56.4.